The lowest BCUT2D eigenvalue weighted by molar-refractivity contribution is -0.131. The Morgan fingerprint density at radius 2 is 1.83 bits per heavy atom. The van der Waals surface area contributed by atoms with Gasteiger partial charge in [0.1, 0.15) is 11.6 Å². The fourth-order valence-electron chi connectivity index (χ4n) is 2.68. The van der Waals surface area contributed by atoms with Crippen LogP contribution < -0.4 is 5.32 Å². The molecule has 3 unspecified atom stereocenters. The first-order valence-electron chi connectivity index (χ1n) is 5.47. The Labute approximate surface area is 104 Å². The van der Waals surface area contributed by atoms with Gasteiger partial charge in [-0.3, -0.25) is 15.0 Å². The second-order valence-corrected chi connectivity index (χ2v) is 5.72. The van der Waals surface area contributed by atoms with Gasteiger partial charge >= 0.3 is 0 Å². The van der Waals surface area contributed by atoms with E-state index in [4.69, 9.17) is 5.41 Å². The number of piperidine rings is 1. The van der Waals surface area contributed by atoms with E-state index in [1.807, 2.05) is 6.07 Å². The van der Waals surface area contributed by atoms with Crippen LogP contribution in [0.25, 0.3) is 0 Å². The van der Waals surface area contributed by atoms with Gasteiger partial charge in [-0.1, -0.05) is 20.8 Å². The van der Waals surface area contributed by atoms with Crippen molar-refractivity contribution in [2.75, 3.05) is 0 Å². The third-order valence-electron chi connectivity index (χ3n) is 3.75. The normalized spacial score (nSPS) is 37.3. The second kappa shape index (κ2) is 2.97. The molecule has 0 aromatic heterocycles. The number of fused-ring (bicyclic) bond motifs is 1. The first-order valence-corrected chi connectivity index (χ1v) is 5.47. The van der Waals surface area contributed by atoms with Crippen LogP contribution in [-0.4, -0.2) is 17.5 Å². The molecule has 0 aromatic rings. The Balaban J connectivity index is 2.59. The molecule has 2 fully saturated rings. The number of nitrogens with zero attached hydrogens (tertiary/aromatic N) is 2. The van der Waals surface area contributed by atoms with E-state index >= 15 is 0 Å². The molecule has 0 radical (unpaired) electrons. The van der Waals surface area contributed by atoms with E-state index in [0.717, 1.165) is 0 Å². The SMILES string of the molecule is CC(C)(C)C(=O)C1C2(C#N)C(=N)NC(=O)C12C#N. The number of nitriles is 2. The maximum Gasteiger partial charge on any atom is 0.248 e. The van der Waals surface area contributed by atoms with E-state index in [-0.39, 0.29) is 11.6 Å². The largest absolute Gasteiger partial charge is 0.312 e. The highest BCUT2D eigenvalue weighted by Gasteiger charge is 2.91. The number of Topliss-reactive ketones (excluding diaryl/α,β-unsaturated/α-hetero) is 1. The Bertz CT molecular complexity index is 536. The molecule has 92 valence electrons. The molecule has 18 heavy (non-hydrogen) atoms. The Morgan fingerprint density at radius 1 is 1.33 bits per heavy atom. The average molecular weight is 244 g/mol. The standard InChI is InChI=1S/C12H12N4O2/c1-10(2,3)7(17)6-11(4-13)8(15)16-9(18)12(6,11)5-14/h6H,1-3H3,(H2,15,16,18). The van der Waals surface area contributed by atoms with Crippen molar-refractivity contribution < 1.29 is 9.59 Å². The summed E-state index contributed by atoms with van der Waals surface area (Å²) in [7, 11) is 0. The lowest BCUT2D eigenvalue weighted by atomic mass is 9.84. The van der Waals surface area contributed by atoms with E-state index < -0.39 is 28.1 Å². The van der Waals surface area contributed by atoms with Crippen molar-refractivity contribution in [2.45, 2.75) is 20.8 Å². The van der Waals surface area contributed by atoms with Crippen molar-refractivity contribution in [3.05, 3.63) is 0 Å². The average Bonchev–Trinajstić information content (AvgIpc) is 2.83. The fourth-order valence-corrected chi connectivity index (χ4v) is 2.68. The maximum absolute atomic E-state index is 12.3. The zero-order chi connectivity index (χ0) is 13.9. The first kappa shape index (κ1) is 12.3. The molecule has 1 heterocycles. The lowest BCUT2D eigenvalue weighted by Gasteiger charge is -2.19. The van der Waals surface area contributed by atoms with Crippen molar-refractivity contribution in [3.63, 3.8) is 0 Å². The molecule has 0 bridgehead atoms. The van der Waals surface area contributed by atoms with Crippen LogP contribution in [0.1, 0.15) is 20.8 Å². The topological polar surface area (TPSA) is 118 Å². The number of rotatable bonds is 1. The van der Waals surface area contributed by atoms with Crippen LogP contribution in [0, 0.1) is 50.2 Å². The molecule has 6 heteroatoms. The number of ketones is 1. The molecule has 1 aliphatic carbocycles. The Morgan fingerprint density at radius 3 is 2.17 bits per heavy atom. The van der Waals surface area contributed by atoms with Crippen LogP contribution in [0.4, 0.5) is 0 Å². The van der Waals surface area contributed by atoms with Gasteiger partial charge in [-0.05, 0) is 0 Å². The van der Waals surface area contributed by atoms with Crippen molar-refractivity contribution in [2.24, 2.45) is 22.2 Å². The van der Waals surface area contributed by atoms with E-state index in [2.05, 4.69) is 5.32 Å². The van der Waals surface area contributed by atoms with Gasteiger partial charge in [0.15, 0.2) is 10.8 Å². The molecule has 1 aliphatic heterocycles. The highest BCUT2D eigenvalue weighted by Crippen LogP contribution is 2.73. The molecule has 6 nitrogen and oxygen atoms in total. The van der Waals surface area contributed by atoms with Crippen molar-refractivity contribution in [3.8, 4) is 12.1 Å². The van der Waals surface area contributed by atoms with Gasteiger partial charge in [0, 0.05) is 5.41 Å². The number of hydrogen-bond donors (Lipinski definition) is 2. The smallest absolute Gasteiger partial charge is 0.248 e. The summed E-state index contributed by atoms with van der Waals surface area (Å²) in [5, 5.41) is 28.3. The molecule has 2 aliphatic rings. The molecule has 2 rings (SSSR count). The Hall–Kier alpha value is -2.21. The summed E-state index contributed by atoms with van der Waals surface area (Å²) in [6, 6.07) is 3.63. The molecule has 0 aromatic carbocycles. The zero-order valence-corrected chi connectivity index (χ0v) is 10.3. The minimum absolute atomic E-state index is 0.329. The predicted octanol–water partition coefficient (Wildman–Crippen LogP) is 0.358. The summed E-state index contributed by atoms with van der Waals surface area (Å²) in [5.74, 6) is -2.40. The van der Waals surface area contributed by atoms with E-state index in [1.54, 1.807) is 26.8 Å². The Kier molecular flexibility index (Phi) is 2.02. The minimum atomic E-state index is -1.71. The number of carbonyl (C=O) groups excluding carboxylic acids is 2. The first-order chi connectivity index (χ1) is 8.20. The monoisotopic (exact) mass is 244 g/mol. The molecule has 2 N–H and O–H groups in total. The third-order valence-corrected chi connectivity index (χ3v) is 3.75. The summed E-state index contributed by atoms with van der Waals surface area (Å²) >= 11 is 0. The van der Waals surface area contributed by atoms with Gasteiger partial charge < -0.3 is 5.32 Å². The molecule has 1 saturated carbocycles. The predicted molar refractivity (Wildman–Crippen MR) is 59.9 cm³/mol. The summed E-state index contributed by atoms with van der Waals surface area (Å²) in [6.07, 6.45) is 0. The van der Waals surface area contributed by atoms with Gasteiger partial charge in [0.05, 0.1) is 18.1 Å². The second-order valence-electron chi connectivity index (χ2n) is 5.72. The van der Waals surface area contributed by atoms with Gasteiger partial charge in [-0.2, -0.15) is 10.5 Å². The van der Waals surface area contributed by atoms with Crippen LogP contribution in [-0.2, 0) is 9.59 Å². The van der Waals surface area contributed by atoms with Crippen LogP contribution >= 0.6 is 0 Å². The number of hydrogen-bond acceptors (Lipinski definition) is 5. The summed E-state index contributed by atoms with van der Waals surface area (Å²) in [4.78, 5) is 24.1. The van der Waals surface area contributed by atoms with Gasteiger partial charge in [0.2, 0.25) is 5.91 Å². The minimum Gasteiger partial charge on any atom is -0.312 e. The highest BCUT2D eigenvalue weighted by molar-refractivity contribution is 6.24. The quantitative estimate of drug-likeness (QED) is 0.692. The molecule has 1 amide bonds. The number of amides is 1. The summed E-state index contributed by atoms with van der Waals surface area (Å²) in [5.41, 5.74) is -4.07. The molecule has 3 atom stereocenters. The zero-order valence-electron chi connectivity index (χ0n) is 10.3. The number of amidine groups is 1. The van der Waals surface area contributed by atoms with E-state index in [1.165, 1.54) is 0 Å². The van der Waals surface area contributed by atoms with Crippen LogP contribution in [0.2, 0.25) is 0 Å². The fraction of sp³-hybridized carbons (Fsp3) is 0.583. The van der Waals surface area contributed by atoms with Crippen molar-refractivity contribution >= 4 is 17.5 Å². The number of nitrogens with one attached hydrogen (secondary N) is 2. The summed E-state index contributed by atoms with van der Waals surface area (Å²) < 4.78 is 0. The van der Waals surface area contributed by atoms with Gasteiger partial charge in [-0.15, -0.1) is 0 Å². The van der Waals surface area contributed by atoms with E-state index in [9.17, 15) is 20.1 Å². The van der Waals surface area contributed by atoms with Gasteiger partial charge in [0.25, 0.3) is 0 Å². The summed E-state index contributed by atoms with van der Waals surface area (Å²) in [6.45, 7) is 5.00. The molecule has 1 saturated heterocycles. The molecule has 0 spiro atoms. The van der Waals surface area contributed by atoms with Crippen molar-refractivity contribution in [1.29, 1.82) is 15.9 Å². The molecular formula is C12H12N4O2. The van der Waals surface area contributed by atoms with Crippen LogP contribution in [0.3, 0.4) is 0 Å². The van der Waals surface area contributed by atoms with Crippen molar-refractivity contribution in [1.82, 2.24) is 5.32 Å². The van der Waals surface area contributed by atoms with Crippen LogP contribution in [0.5, 0.6) is 0 Å². The molecular weight excluding hydrogens is 232 g/mol. The van der Waals surface area contributed by atoms with Gasteiger partial charge in [-0.25, -0.2) is 0 Å². The van der Waals surface area contributed by atoms with E-state index in [0.29, 0.717) is 0 Å². The number of carbonyl (C=O) groups is 2. The lowest BCUT2D eigenvalue weighted by Crippen LogP contribution is -2.37. The highest BCUT2D eigenvalue weighted by atomic mass is 16.2. The van der Waals surface area contributed by atoms with Crippen LogP contribution in [0.15, 0.2) is 0 Å². The third kappa shape index (κ3) is 0.948. The maximum atomic E-state index is 12.3.